The highest BCUT2D eigenvalue weighted by Crippen LogP contribution is 2.19. The Labute approximate surface area is 108 Å². The van der Waals surface area contributed by atoms with Crippen LogP contribution in [0.4, 0.5) is 0 Å². The van der Waals surface area contributed by atoms with Crippen molar-refractivity contribution in [2.75, 3.05) is 0 Å². The average molecular weight is 252 g/mol. The van der Waals surface area contributed by atoms with Gasteiger partial charge < -0.3 is 5.11 Å². The maximum atomic E-state index is 9.00. The molecule has 6 nitrogen and oxygen atoms in total. The van der Waals surface area contributed by atoms with Crippen molar-refractivity contribution in [3.63, 3.8) is 0 Å². The van der Waals surface area contributed by atoms with Gasteiger partial charge in [0, 0.05) is 6.92 Å². The van der Waals surface area contributed by atoms with E-state index in [1.807, 2.05) is 13.0 Å². The van der Waals surface area contributed by atoms with Crippen LogP contribution in [0.3, 0.4) is 0 Å². The molecule has 0 amide bonds. The average Bonchev–Trinajstić information content (AvgIpc) is 2.26. The number of hydrogen-bond acceptors (Lipinski definition) is 5. The Balaban J connectivity index is 0. The molecule has 0 aliphatic carbocycles. The van der Waals surface area contributed by atoms with E-state index < -0.39 is 17.0 Å². The fraction of sp³-hybridized carbons (Fsp3) is 0.750. The summed E-state index contributed by atoms with van der Waals surface area (Å²) in [6.45, 7) is 8.13. The van der Waals surface area contributed by atoms with Gasteiger partial charge in [0.25, 0.3) is 5.97 Å². The van der Waals surface area contributed by atoms with Crippen molar-refractivity contribution in [1.82, 2.24) is 0 Å². The Morgan fingerprint density at radius 2 is 1.67 bits per heavy atom. The zero-order valence-corrected chi connectivity index (χ0v) is 11.6. The van der Waals surface area contributed by atoms with Gasteiger partial charge in [0.2, 0.25) is 0 Å². The van der Waals surface area contributed by atoms with E-state index in [1.165, 1.54) is 0 Å². The fourth-order valence-electron chi connectivity index (χ4n) is 0.873. The Morgan fingerprint density at radius 3 is 1.94 bits per heavy atom. The van der Waals surface area contributed by atoms with Crippen molar-refractivity contribution >= 4 is 5.97 Å². The van der Waals surface area contributed by atoms with Gasteiger partial charge in [-0.05, 0) is 27.2 Å². The quantitative estimate of drug-likeness (QED) is 0.775. The molecule has 0 bridgehead atoms. The minimum atomic E-state index is -0.841. The number of carbonyl (C=O) groups is 1. The largest absolute Gasteiger partial charge is 0.481 e. The number of azo groups is 1. The van der Waals surface area contributed by atoms with Crippen LogP contribution in [0, 0.1) is 22.7 Å². The highest BCUT2D eigenvalue weighted by molar-refractivity contribution is 5.62. The van der Waals surface area contributed by atoms with Crippen LogP contribution < -0.4 is 0 Å². The molecule has 0 rings (SSSR count). The maximum Gasteiger partial charge on any atom is 0.300 e. The highest BCUT2D eigenvalue weighted by Gasteiger charge is 2.24. The highest BCUT2D eigenvalue weighted by atomic mass is 16.4. The van der Waals surface area contributed by atoms with E-state index in [-0.39, 0.29) is 0 Å². The normalized spacial score (nSPS) is 13.7. The van der Waals surface area contributed by atoms with Gasteiger partial charge in [0.15, 0.2) is 11.1 Å². The predicted octanol–water partition coefficient (Wildman–Crippen LogP) is 2.91. The summed E-state index contributed by atoms with van der Waals surface area (Å²) in [5.74, 6) is -0.833. The van der Waals surface area contributed by atoms with Crippen LogP contribution in [0.2, 0.25) is 0 Å². The van der Waals surface area contributed by atoms with Crippen LogP contribution in [0.1, 0.15) is 47.5 Å². The van der Waals surface area contributed by atoms with Gasteiger partial charge >= 0.3 is 0 Å². The first-order valence-corrected chi connectivity index (χ1v) is 5.58. The third-order valence-electron chi connectivity index (χ3n) is 1.77. The fourth-order valence-corrected chi connectivity index (χ4v) is 0.873. The molecule has 0 aromatic rings. The molecule has 6 heteroatoms. The molecule has 1 atom stereocenters. The summed E-state index contributed by atoms with van der Waals surface area (Å²) in [7, 11) is 0. The molecule has 0 aromatic carbocycles. The van der Waals surface area contributed by atoms with Gasteiger partial charge in [0.05, 0.1) is 12.1 Å². The number of aliphatic carboxylic acids is 1. The Kier molecular flexibility index (Phi) is 8.38. The molecule has 1 unspecified atom stereocenters. The molecule has 0 aliphatic rings. The van der Waals surface area contributed by atoms with Crippen LogP contribution in [0.15, 0.2) is 10.2 Å². The van der Waals surface area contributed by atoms with Crippen molar-refractivity contribution in [2.45, 2.75) is 58.5 Å². The van der Waals surface area contributed by atoms with Crippen molar-refractivity contribution in [3.05, 3.63) is 0 Å². The van der Waals surface area contributed by atoms with Gasteiger partial charge in [-0.3, -0.25) is 4.79 Å². The second-order valence-electron chi connectivity index (χ2n) is 4.53. The van der Waals surface area contributed by atoms with Crippen LogP contribution >= 0.6 is 0 Å². The van der Waals surface area contributed by atoms with Crippen LogP contribution in [-0.4, -0.2) is 22.2 Å². The molecule has 0 aliphatic heterocycles. The van der Waals surface area contributed by atoms with Crippen LogP contribution in [0.25, 0.3) is 0 Å². The minimum absolute atomic E-state index is 0.661. The predicted molar refractivity (Wildman–Crippen MR) is 66.8 cm³/mol. The standard InChI is InChI=1S/C10H16N4.C2H4O2/c1-5-6-10(4,8-12)14-13-9(2,3)7-11;1-2(3)4/h5-6H2,1-4H3;1H3,(H,3,4). The summed E-state index contributed by atoms with van der Waals surface area (Å²) in [6.07, 6.45) is 1.53. The van der Waals surface area contributed by atoms with E-state index in [4.69, 9.17) is 20.4 Å². The molecule has 1 N–H and O–H groups in total. The second-order valence-corrected chi connectivity index (χ2v) is 4.53. The molecule has 100 valence electrons. The molecule has 0 saturated carbocycles. The maximum absolute atomic E-state index is 9.00. The monoisotopic (exact) mass is 252 g/mol. The van der Waals surface area contributed by atoms with E-state index >= 15 is 0 Å². The first-order chi connectivity index (χ1) is 8.12. The zero-order chi connectivity index (χ0) is 14.8. The second kappa shape index (κ2) is 8.19. The summed E-state index contributed by atoms with van der Waals surface area (Å²) < 4.78 is 0. The van der Waals surface area contributed by atoms with Crippen molar-refractivity contribution < 1.29 is 9.90 Å². The zero-order valence-electron chi connectivity index (χ0n) is 11.6. The van der Waals surface area contributed by atoms with E-state index in [2.05, 4.69) is 16.3 Å². The summed E-state index contributed by atoms with van der Waals surface area (Å²) >= 11 is 0. The van der Waals surface area contributed by atoms with Crippen molar-refractivity contribution in [3.8, 4) is 12.1 Å². The van der Waals surface area contributed by atoms with Crippen LogP contribution in [-0.2, 0) is 4.79 Å². The summed E-state index contributed by atoms with van der Waals surface area (Å²) in [5, 5.41) is 32.8. The SMILES string of the molecule is CC(=O)O.CCCC(C)(C#N)N=NC(C)(C)C#N. The van der Waals surface area contributed by atoms with Crippen LogP contribution in [0.5, 0.6) is 0 Å². The van der Waals surface area contributed by atoms with Gasteiger partial charge in [-0.2, -0.15) is 20.8 Å². The van der Waals surface area contributed by atoms with Gasteiger partial charge in [-0.1, -0.05) is 13.3 Å². The first kappa shape index (κ1) is 18.4. The Hall–Kier alpha value is -1.95. The number of carboxylic acid groups (broad SMARTS) is 1. The lowest BCUT2D eigenvalue weighted by Crippen LogP contribution is -2.21. The third kappa shape index (κ3) is 10.6. The Morgan fingerprint density at radius 1 is 1.22 bits per heavy atom. The lowest BCUT2D eigenvalue weighted by molar-refractivity contribution is -0.134. The molecular formula is C12H20N4O2. The summed E-state index contributed by atoms with van der Waals surface area (Å²) in [6, 6.07) is 4.12. The number of hydrogen-bond donors (Lipinski definition) is 1. The molecule has 0 aromatic heterocycles. The summed E-state index contributed by atoms with van der Waals surface area (Å²) in [5.41, 5.74) is -1.63. The third-order valence-corrected chi connectivity index (χ3v) is 1.77. The molecule has 0 saturated heterocycles. The Bertz CT molecular complexity index is 373. The van der Waals surface area contributed by atoms with E-state index in [1.54, 1.807) is 20.8 Å². The molecule has 0 heterocycles. The summed E-state index contributed by atoms with van der Waals surface area (Å²) in [4.78, 5) is 9.00. The lowest BCUT2D eigenvalue weighted by atomic mass is 10.00. The van der Waals surface area contributed by atoms with Crippen molar-refractivity contribution in [1.29, 1.82) is 10.5 Å². The smallest absolute Gasteiger partial charge is 0.300 e. The minimum Gasteiger partial charge on any atom is -0.481 e. The van der Waals surface area contributed by atoms with Crippen molar-refractivity contribution in [2.24, 2.45) is 10.2 Å². The van der Waals surface area contributed by atoms with E-state index in [9.17, 15) is 0 Å². The van der Waals surface area contributed by atoms with Gasteiger partial charge in [-0.25, -0.2) is 0 Å². The molecule has 0 spiro atoms. The first-order valence-electron chi connectivity index (χ1n) is 5.58. The van der Waals surface area contributed by atoms with E-state index in [0.717, 1.165) is 13.3 Å². The number of carboxylic acids is 1. The molecule has 18 heavy (non-hydrogen) atoms. The topological polar surface area (TPSA) is 110 Å². The lowest BCUT2D eigenvalue weighted by Gasteiger charge is -2.15. The number of nitrogens with zero attached hydrogens (tertiary/aromatic N) is 4. The van der Waals surface area contributed by atoms with E-state index in [0.29, 0.717) is 6.42 Å². The number of rotatable bonds is 4. The molecule has 0 radical (unpaired) electrons. The van der Waals surface area contributed by atoms with Gasteiger partial charge in [0.1, 0.15) is 0 Å². The molecule has 0 fully saturated rings. The number of nitriles is 2. The molecular weight excluding hydrogens is 232 g/mol. The van der Waals surface area contributed by atoms with Gasteiger partial charge in [-0.15, -0.1) is 0 Å².